The van der Waals surface area contributed by atoms with Crippen LogP contribution in [0.25, 0.3) is 6.08 Å². The van der Waals surface area contributed by atoms with E-state index in [1.165, 1.54) is 76.7 Å². The lowest BCUT2D eigenvalue weighted by molar-refractivity contribution is -0.150. The third-order valence-corrected chi connectivity index (χ3v) is 6.85. The number of phenols is 1. The van der Waals surface area contributed by atoms with Crippen LogP contribution < -0.4 is 4.74 Å². The molecule has 0 aliphatic heterocycles. The summed E-state index contributed by atoms with van der Waals surface area (Å²) >= 11 is 0. The highest BCUT2D eigenvalue weighted by molar-refractivity contribution is 6.00. The molecule has 0 heterocycles. The highest BCUT2D eigenvalue weighted by Gasteiger charge is 2.40. The number of benzene rings is 1. The molecule has 0 aromatic heterocycles. The molecule has 0 saturated heterocycles. The molecule has 0 saturated carbocycles. The monoisotopic (exact) mass is 518 g/mol. The number of aliphatic hydroxyl groups is 3. The molecular weight excluding hydrogens is 468 g/mol. The molecule has 0 amide bonds. The molecule has 37 heavy (non-hydrogen) atoms. The van der Waals surface area contributed by atoms with Crippen molar-refractivity contribution < 1.29 is 30.0 Å². The first-order valence-corrected chi connectivity index (χ1v) is 14.1. The number of hydrogen-bond donors (Lipinski definition) is 4. The standard InChI is InChI=1S/C31H50O6/c1-3-4-5-6-7-8-9-10-11-12-13-14-15-16-17-18-23-31(36,30(35)25-32)29(34)22-20-26-19-21-27(33)28(24-26)37-2/h10-11,19-22,24,30,32-33,35-36H,3-9,12-18,23,25H2,1-2H3/b11-10-,22-20+. The van der Waals surface area contributed by atoms with E-state index in [2.05, 4.69) is 19.1 Å². The van der Waals surface area contributed by atoms with E-state index >= 15 is 0 Å². The second kappa shape index (κ2) is 19.9. The van der Waals surface area contributed by atoms with Gasteiger partial charge in [0.15, 0.2) is 22.9 Å². The summed E-state index contributed by atoms with van der Waals surface area (Å²) in [5, 5.41) is 40.2. The molecule has 0 fully saturated rings. The van der Waals surface area contributed by atoms with E-state index in [0.29, 0.717) is 12.0 Å². The number of carbonyl (C=O) groups excluding carboxylic acids is 1. The van der Waals surface area contributed by atoms with Gasteiger partial charge < -0.3 is 25.2 Å². The van der Waals surface area contributed by atoms with E-state index in [1.807, 2.05) is 0 Å². The topological polar surface area (TPSA) is 107 Å². The van der Waals surface area contributed by atoms with E-state index in [4.69, 9.17) is 4.74 Å². The van der Waals surface area contributed by atoms with E-state index < -0.39 is 24.1 Å². The molecule has 6 nitrogen and oxygen atoms in total. The maximum Gasteiger partial charge on any atom is 0.189 e. The van der Waals surface area contributed by atoms with Gasteiger partial charge >= 0.3 is 0 Å². The van der Waals surface area contributed by atoms with Gasteiger partial charge in [0.1, 0.15) is 6.10 Å². The summed E-state index contributed by atoms with van der Waals surface area (Å²) in [6, 6.07) is 4.62. The second-order valence-corrected chi connectivity index (χ2v) is 9.94. The fourth-order valence-electron chi connectivity index (χ4n) is 4.36. The summed E-state index contributed by atoms with van der Waals surface area (Å²) in [5.41, 5.74) is -1.44. The first-order valence-electron chi connectivity index (χ1n) is 14.1. The van der Waals surface area contributed by atoms with Gasteiger partial charge in [-0.25, -0.2) is 0 Å². The van der Waals surface area contributed by atoms with Crippen LogP contribution >= 0.6 is 0 Å². The Morgan fingerprint density at radius 1 is 0.946 bits per heavy atom. The van der Waals surface area contributed by atoms with Crippen LogP contribution in [0.2, 0.25) is 0 Å². The smallest absolute Gasteiger partial charge is 0.189 e. The van der Waals surface area contributed by atoms with Crippen LogP contribution in [0.4, 0.5) is 0 Å². The normalized spacial score (nSPS) is 14.3. The summed E-state index contributed by atoms with van der Waals surface area (Å²) in [5.74, 6) is -0.406. The van der Waals surface area contributed by atoms with Crippen molar-refractivity contribution in [1.82, 2.24) is 0 Å². The van der Waals surface area contributed by atoms with Crippen LogP contribution in [0.1, 0.15) is 109 Å². The quantitative estimate of drug-likeness (QED) is 0.0793. The van der Waals surface area contributed by atoms with Crippen molar-refractivity contribution in [2.24, 2.45) is 0 Å². The third kappa shape index (κ3) is 13.3. The zero-order valence-corrected chi connectivity index (χ0v) is 23.0. The van der Waals surface area contributed by atoms with E-state index in [0.717, 1.165) is 32.1 Å². The fraction of sp³-hybridized carbons (Fsp3) is 0.645. The number of rotatable bonds is 22. The Morgan fingerprint density at radius 2 is 1.51 bits per heavy atom. The number of unbranched alkanes of at least 4 members (excludes halogenated alkanes) is 12. The molecule has 1 aromatic rings. The largest absolute Gasteiger partial charge is 0.504 e. The summed E-state index contributed by atoms with van der Waals surface area (Å²) in [4.78, 5) is 12.8. The number of aliphatic hydroxyl groups excluding tert-OH is 2. The van der Waals surface area contributed by atoms with Crippen LogP contribution in [0.5, 0.6) is 11.5 Å². The van der Waals surface area contributed by atoms with Crippen molar-refractivity contribution in [1.29, 1.82) is 0 Å². The molecule has 2 unspecified atom stereocenters. The molecule has 4 N–H and O–H groups in total. The zero-order chi connectivity index (χ0) is 27.4. The van der Waals surface area contributed by atoms with Gasteiger partial charge in [0.25, 0.3) is 0 Å². The van der Waals surface area contributed by atoms with Gasteiger partial charge in [-0.15, -0.1) is 0 Å². The number of ether oxygens (including phenoxy) is 1. The lowest BCUT2D eigenvalue weighted by Gasteiger charge is -2.29. The maximum atomic E-state index is 12.8. The first kappa shape index (κ1) is 32.9. The van der Waals surface area contributed by atoms with Crippen molar-refractivity contribution >= 4 is 11.9 Å². The van der Waals surface area contributed by atoms with Gasteiger partial charge in [0.2, 0.25) is 0 Å². The van der Waals surface area contributed by atoms with Gasteiger partial charge in [-0.1, -0.05) is 95.4 Å². The number of allylic oxidation sites excluding steroid dienone is 2. The number of ketones is 1. The van der Waals surface area contributed by atoms with Crippen LogP contribution in [0.15, 0.2) is 36.4 Å². The number of aromatic hydroxyl groups is 1. The predicted octanol–water partition coefficient (Wildman–Crippen LogP) is 6.50. The Hall–Kier alpha value is -2.15. The minimum absolute atomic E-state index is 0.0156. The van der Waals surface area contributed by atoms with Crippen LogP contribution in [-0.4, -0.2) is 51.6 Å². The highest BCUT2D eigenvalue weighted by Crippen LogP contribution is 2.27. The maximum absolute atomic E-state index is 12.8. The molecule has 1 rings (SSSR count). The Morgan fingerprint density at radius 3 is 2.08 bits per heavy atom. The Balaban J connectivity index is 2.31. The summed E-state index contributed by atoms with van der Waals surface area (Å²) < 4.78 is 5.06. The van der Waals surface area contributed by atoms with Crippen molar-refractivity contribution in [2.75, 3.05) is 13.7 Å². The van der Waals surface area contributed by atoms with Crippen molar-refractivity contribution in [2.45, 2.75) is 115 Å². The van der Waals surface area contributed by atoms with Crippen LogP contribution in [0, 0.1) is 0 Å². The molecule has 0 bridgehead atoms. The van der Waals surface area contributed by atoms with Gasteiger partial charge in [-0.3, -0.25) is 4.79 Å². The molecule has 0 spiro atoms. The summed E-state index contributed by atoms with van der Waals surface area (Å²) in [6.45, 7) is 1.55. The second-order valence-electron chi connectivity index (χ2n) is 9.94. The minimum atomic E-state index is -2.03. The predicted molar refractivity (Wildman–Crippen MR) is 151 cm³/mol. The third-order valence-electron chi connectivity index (χ3n) is 6.85. The Bertz CT molecular complexity index is 803. The molecule has 6 heteroatoms. The SMILES string of the molecule is CCCCCCCC/C=C\CCCCCCCCC(O)(C(=O)/C=C/c1ccc(O)c(OC)c1)C(O)CO. The Labute approximate surface area is 224 Å². The summed E-state index contributed by atoms with van der Waals surface area (Å²) in [7, 11) is 1.43. The Kier molecular flexibility index (Phi) is 17.7. The molecule has 0 radical (unpaired) electrons. The number of hydrogen-bond acceptors (Lipinski definition) is 6. The average Bonchev–Trinajstić information content (AvgIpc) is 2.91. The van der Waals surface area contributed by atoms with Gasteiger partial charge in [0.05, 0.1) is 13.7 Å². The van der Waals surface area contributed by atoms with Crippen molar-refractivity contribution in [3.8, 4) is 11.5 Å². The highest BCUT2D eigenvalue weighted by atomic mass is 16.5. The van der Waals surface area contributed by atoms with Crippen molar-refractivity contribution in [3.63, 3.8) is 0 Å². The van der Waals surface area contributed by atoms with Crippen LogP contribution in [-0.2, 0) is 4.79 Å². The lowest BCUT2D eigenvalue weighted by atomic mass is 9.85. The van der Waals surface area contributed by atoms with Gasteiger partial charge in [0, 0.05) is 0 Å². The van der Waals surface area contributed by atoms with E-state index in [9.17, 15) is 25.2 Å². The number of methoxy groups -OCH3 is 1. The molecule has 2 atom stereocenters. The fourth-order valence-corrected chi connectivity index (χ4v) is 4.36. The van der Waals surface area contributed by atoms with Gasteiger partial charge in [-0.2, -0.15) is 0 Å². The van der Waals surface area contributed by atoms with Gasteiger partial charge in [-0.05, 0) is 55.9 Å². The molecular formula is C31H50O6. The number of phenolic OH excluding ortho intramolecular Hbond substituents is 1. The average molecular weight is 519 g/mol. The number of carbonyl (C=O) groups is 1. The van der Waals surface area contributed by atoms with E-state index in [1.54, 1.807) is 12.1 Å². The minimum Gasteiger partial charge on any atom is -0.504 e. The zero-order valence-electron chi connectivity index (χ0n) is 23.0. The molecule has 0 aliphatic carbocycles. The van der Waals surface area contributed by atoms with Crippen molar-refractivity contribution in [3.05, 3.63) is 42.0 Å². The summed E-state index contributed by atoms with van der Waals surface area (Å²) in [6.07, 6.45) is 22.0. The molecule has 210 valence electrons. The molecule has 1 aromatic carbocycles. The first-order chi connectivity index (χ1) is 17.9. The van der Waals surface area contributed by atoms with Crippen LogP contribution in [0.3, 0.4) is 0 Å². The van der Waals surface area contributed by atoms with E-state index in [-0.39, 0.29) is 17.9 Å². The lowest BCUT2D eigenvalue weighted by Crippen LogP contribution is -2.50. The molecule has 0 aliphatic rings.